The summed E-state index contributed by atoms with van der Waals surface area (Å²) in [4.78, 5) is 17.8. The molecule has 106 valence electrons. The molecule has 1 aromatic heterocycles. The van der Waals surface area contributed by atoms with Gasteiger partial charge in [-0.05, 0) is 38.3 Å². The lowest BCUT2D eigenvalue weighted by Gasteiger charge is -2.27. The van der Waals surface area contributed by atoms with Crippen LogP contribution >= 0.6 is 0 Å². The van der Waals surface area contributed by atoms with Gasteiger partial charge in [0.15, 0.2) is 0 Å². The molecule has 0 aromatic carbocycles. The van der Waals surface area contributed by atoms with Crippen LogP contribution in [0.3, 0.4) is 0 Å². The van der Waals surface area contributed by atoms with E-state index >= 15 is 0 Å². The molecule has 2 unspecified atom stereocenters. The number of hydrogen-bond acceptors (Lipinski definition) is 3. The molecule has 2 amide bonds. The number of carbonyl (C=O) groups excluding carboxylic acids is 1. The lowest BCUT2D eigenvalue weighted by atomic mass is 10.1. The Labute approximate surface area is 114 Å². The smallest absolute Gasteiger partial charge is 0.317 e. The Hall–Kier alpha value is -1.62. The summed E-state index contributed by atoms with van der Waals surface area (Å²) in [6, 6.07) is 3.74. The van der Waals surface area contributed by atoms with Crippen molar-refractivity contribution in [3.63, 3.8) is 0 Å². The maximum Gasteiger partial charge on any atom is 0.317 e. The highest BCUT2D eigenvalue weighted by Gasteiger charge is 2.18. The molecule has 0 fully saturated rings. The van der Waals surface area contributed by atoms with Crippen molar-refractivity contribution in [3.05, 3.63) is 30.1 Å². The number of nitrogens with zero attached hydrogens (tertiary/aromatic N) is 2. The number of rotatable bonds is 6. The summed E-state index contributed by atoms with van der Waals surface area (Å²) in [5.74, 6) is 0. The molecule has 5 heteroatoms. The zero-order valence-electron chi connectivity index (χ0n) is 11.8. The summed E-state index contributed by atoms with van der Waals surface area (Å²) >= 11 is 0. The average Bonchev–Trinajstić information content (AvgIpc) is 2.44. The van der Waals surface area contributed by atoms with Crippen LogP contribution in [0.2, 0.25) is 0 Å². The fourth-order valence-electron chi connectivity index (χ4n) is 1.80. The van der Waals surface area contributed by atoms with Crippen LogP contribution in [0.5, 0.6) is 0 Å². The zero-order valence-corrected chi connectivity index (χ0v) is 11.8. The van der Waals surface area contributed by atoms with E-state index in [4.69, 9.17) is 5.11 Å². The first kappa shape index (κ1) is 15.4. The molecule has 0 spiro atoms. The molecule has 0 aliphatic heterocycles. The van der Waals surface area contributed by atoms with Crippen LogP contribution in [-0.2, 0) is 0 Å². The Kier molecular flexibility index (Phi) is 6.29. The van der Waals surface area contributed by atoms with E-state index in [9.17, 15) is 4.79 Å². The third-order valence-corrected chi connectivity index (χ3v) is 3.23. The number of urea groups is 1. The molecule has 1 aromatic rings. The highest BCUT2D eigenvalue weighted by Crippen LogP contribution is 2.17. The van der Waals surface area contributed by atoms with Crippen molar-refractivity contribution >= 4 is 6.03 Å². The number of aromatic nitrogens is 1. The van der Waals surface area contributed by atoms with E-state index in [0.29, 0.717) is 6.42 Å². The third kappa shape index (κ3) is 4.87. The van der Waals surface area contributed by atoms with Crippen molar-refractivity contribution < 1.29 is 9.90 Å². The minimum absolute atomic E-state index is 0.0289. The van der Waals surface area contributed by atoms with Crippen molar-refractivity contribution in [3.8, 4) is 0 Å². The highest BCUT2D eigenvalue weighted by atomic mass is 16.3. The average molecular weight is 265 g/mol. The van der Waals surface area contributed by atoms with Gasteiger partial charge in [0, 0.05) is 32.1 Å². The van der Waals surface area contributed by atoms with Gasteiger partial charge in [-0.3, -0.25) is 4.98 Å². The summed E-state index contributed by atoms with van der Waals surface area (Å²) in [6.07, 6.45) is 4.96. The van der Waals surface area contributed by atoms with Crippen molar-refractivity contribution in [2.45, 2.75) is 38.8 Å². The Morgan fingerprint density at radius 2 is 2.26 bits per heavy atom. The Balaban J connectivity index is 2.52. The van der Waals surface area contributed by atoms with Crippen LogP contribution in [0, 0.1) is 0 Å². The first-order valence-electron chi connectivity index (χ1n) is 6.60. The van der Waals surface area contributed by atoms with Gasteiger partial charge in [0.25, 0.3) is 0 Å². The summed E-state index contributed by atoms with van der Waals surface area (Å²) in [6.45, 7) is 4.06. The van der Waals surface area contributed by atoms with Crippen molar-refractivity contribution in [2.75, 3.05) is 13.7 Å². The minimum atomic E-state index is -0.109. The third-order valence-electron chi connectivity index (χ3n) is 3.23. The van der Waals surface area contributed by atoms with Crippen LogP contribution in [0.25, 0.3) is 0 Å². The lowest BCUT2D eigenvalue weighted by Crippen LogP contribution is -2.43. The number of aliphatic hydroxyl groups excluding tert-OH is 1. The van der Waals surface area contributed by atoms with Gasteiger partial charge in [-0.15, -0.1) is 0 Å². The zero-order chi connectivity index (χ0) is 14.3. The largest absolute Gasteiger partial charge is 0.396 e. The van der Waals surface area contributed by atoms with Crippen LogP contribution in [0.1, 0.15) is 38.3 Å². The van der Waals surface area contributed by atoms with E-state index in [1.807, 2.05) is 26.0 Å². The second-order valence-corrected chi connectivity index (χ2v) is 4.79. The van der Waals surface area contributed by atoms with Gasteiger partial charge >= 0.3 is 6.03 Å². The molecule has 19 heavy (non-hydrogen) atoms. The molecule has 2 N–H and O–H groups in total. The fourth-order valence-corrected chi connectivity index (χ4v) is 1.80. The summed E-state index contributed by atoms with van der Waals surface area (Å²) in [5, 5.41) is 11.7. The van der Waals surface area contributed by atoms with E-state index in [1.54, 1.807) is 24.3 Å². The predicted octanol–water partition coefficient (Wildman–Crippen LogP) is 1.95. The van der Waals surface area contributed by atoms with E-state index < -0.39 is 0 Å². The van der Waals surface area contributed by atoms with E-state index in [1.165, 1.54) is 0 Å². The Bertz CT molecular complexity index is 384. The number of aliphatic hydroxyl groups is 1. The van der Waals surface area contributed by atoms with Crippen molar-refractivity contribution in [2.24, 2.45) is 0 Å². The number of carbonyl (C=O) groups is 1. The topological polar surface area (TPSA) is 65.5 Å². The summed E-state index contributed by atoms with van der Waals surface area (Å²) in [5.41, 5.74) is 1.00. The molecule has 0 saturated heterocycles. The Morgan fingerprint density at radius 3 is 2.84 bits per heavy atom. The molecule has 5 nitrogen and oxygen atoms in total. The van der Waals surface area contributed by atoms with E-state index in [-0.39, 0.29) is 24.7 Å². The Morgan fingerprint density at radius 1 is 1.53 bits per heavy atom. The predicted molar refractivity (Wildman–Crippen MR) is 74.7 cm³/mol. The normalized spacial score (nSPS) is 13.7. The van der Waals surface area contributed by atoms with Gasteiger partial charge in [0.1, 0.15) is 0 Å². The number of nitrogens with one attached hydrogen (secondary N) is 1. The SMILES string of the molecule is CC(CCCO)NC(=O)N(C)C(C)c1cccnc1. The maximum absolute atomic E-state index is 12.1. The second kappa shape index (κ2) is 7.74. The summed E-state index contributed by atoms with van der Waals surface area (Å²) < 4.78 is 0. The van der Waals surface area contributed by atoms with E-state index in [2.05, 4.69) is 10.3 Å². The van der Waals surface area contributed by atoms with E-state index in [0.717, 1.165) is 12.0 Å². The monoisotopic (exact) mass is 265 g/mol. The van der Waals surface area contributed by atoms with Gasteiger partial charge in [-0.2, -0.15) is 0 Å². The maximum atomic E-state index is 12.1. The van der Waals surface area contributed by atoms with Crippen LogP contribution in [0.4, 0.5) is 4.79 Å². The second-order valence-electron chi connectivity index (χ2n) is 4.79. The molecule has 0 bridgehead atoms. The van der Waals surface area contributed by atoms with Gasteiger partial charge in [-0.25, -0.2) is 4.79 Å². The van der Waals surface area contributed by atoms with Gasteiger partial charge in [0.05, 0.1) is 6.04 Å². The number of hydrogen-bond donors (Lipinski definition) is 2. The minimum Gasteiger partial charge on any atom is -0.396 e. The van der Waals surface area contributed by atoms with Crippen LogP contribution in [-0.4, -0.2) is 40.7 Å². The molecule has 1 heterocycles. The highest BCUT2D eigenvalue weighted by molar-refractivity contribution is 5.74. The van der Waals surface area contributed by atoms with Crippen LogP contribution < -0.4 is 5.32 Å². The molecule has 0 aliphatic carbocycles. The lowest BCUT2D eigenvalue weighted by molar-refractivity contribution is 0.189. The van der Waals surface area contributed by atoms with Crippen LogP contribution in [0.15, 0.2) is 24.5 Å². The molecule has 1 rings (SSSR count). The number of pyridine rings is 1. The summed E-state index contributed by atoms with van der Waals surface area (Å²) in [7, 11) is 1.77. The van der Waals surface area contributed by atoms with Gasteiger partial charge in [0.2, 0.25) is 0 Å². The molecular formula is C14H23N3O2. The van der Waals surface area contributed by atoms with Gasteiger partial charge in [-0.1, -0.05) is 6.07 Å². The molecule has 0 aliphatic rings. The molecular weight excluding hydrogens is 242 g/mol. The molecule has 2 atom stereocenters. The van der Waals surface area contributed by atoms with Gasteiger partial charge < -0.3 is 15.3 Å². The standard InChI is InChI=1S/C14H23N3O2/c1-11(6-5-9-18)16-14(19)17(3)12(2)13-7-4-8-15-10-13/h4,7-8,10-12,18H,5-6,9H2,1-3H3,(H,16,19). The van der Waals surface area contributed by atoms with Crippen molar-refractivity contribution in [1.29, 1.82) is 0 Å². The van der Waals surface area contributed by atoms with Crippen molar-refractivity contribution in [1.82, 2.24) is 15.2 Å². The molecule has 0 saturated carbocycles. The quantitative estimate of drug-likeness (QED) is 0.826. The fraction of sp³-hybridized carbons (Fsp3) is 0.571. The first-order valence-corrected chi connectivity index (χ1v) is 6.60. The first-order chi connectivity index (χ1) is 9.06. The molecule has 0 radical (unpaired) electrons. The number of amides is 2.